The Balaban J connectivity index is 1.58. The van der Waals surface area contributed by atoms with Gasteiger partial charge in [0.2, 0.25) is 5.78 Å². The molecule has 0 unspecified atom stereocenters. The van der Waals surface area contributed by atoms with Gasteiger partial charge in [0.25, 0.3) is 5.56 Å². The van der Waals surface area contributed by atoms with Gasteiger partial charge in [0.15, 0.2) is 5.65 Å². The van der Waals surface area contributed by atoms with Crippen LogP contribution in [0.3, 0.4) is 0 Å². The summed E-state index contributed by atoms with van der Waals surface area (Å²) >= 11 is 1.52. The van der Waals surface area contributed by atoms with Crippen LogP contribution in [0.15, 0.2) is 107 Å². The standard InChI is InChI=1S/C25H18N6OS/c32-24-21-22(27-25-29(17-26-31(24)25)19-12-6-2-7-13-19)30(20-14-8-3-9-15-20)28-23(21)33-16-18-10-4-1-5-11-18/h1-15,17H,16H2. The molecule has 8 heteroatoms. The Hall–Kier alpha value is -4.17. The lowest BCUT2D eigenvalue weighted by Crippen LogP contribution is -2.16. The van der Waals surface area contributed by atoms with Gasteiger partial charge in [0.05, 0.1) is 11.4 Å². The number of benzene rings is 3. The summed E-state index contributed by atoms with van der Waals surface area (Å²) in [6.07, 6.45) is 1.62. The van der Waals surface area contributed by atoms with E-state index in [2.05, 4.69) is 17.2 Å². The molecule has 0 saturated heterocycles. The smallest absolute Gasteiger partial charge is 0.267 e. The number of thioether (sulfide) groups is 1. The Morgan fingerprint density at radius 2 is 1.42 bits per heavy atom. The van der Waals surface area contributed by atoms with Crippen molar-refractivity contribution >= 4 is 28.6 Å². The first kappa shape index (κ1) is 19.5. The molecular weight excluding hydrogens is 432 g/mol. The van der Waals surface area contributed by atoms with Crippen molar-refractivity contribution < 1.29 is 0 Å². The maximum atomic E-state index is 13.6. The molecule has 0 atom stereocenters. The van der Waals surface area contributed by atoms with Crippen molar-refractivity contribution in [3.63, 3.8) is 0 Å². The Kier molecular flexibility index (Phi) is 4.77. The van der Waals surface area contributed by atoms with E-state index in [-0.39, 0.29) is 5.56 Å². The molecule has 0 aliphatic heterocycles. The SMILES string of the molecule is O=c1c2c(SCc3ccccc3)nn(-c3ccccc3)c2nc2n(-c3ccccc3)cnn12. The summed E-state index contributed by atoms with van der Waals surface area (Å²) in [5.41, 5.74) is 3.16. The third-order valence-electron chi connectivity index (χ3n) is 5.38. The van der Waals surface area contributed by atoms with Crippen LogP contribution in [0.25, 0.3) is 28.2 Å². The van der Waals surface area contributed by atoms with Gasteiger partial charge in [0.1, 0.15) is 16.7 Å². The zero-order valence-corrected chi connectivity index (χ0v) is 18.3. The van der Waals surface area contributed by atoms with Crippen molar-refractivity contribution in [2.75, 3.05) is 0 Å². The van der Waals surface area contributed by atoms with Crippen LogP contribution in [0.2, 0.25) is 0 Å². The van der Waals surface area contributed by atoms with Gasteiger partial charge in [-0.15, -0.1) is 0 Å². The molecule has 0 aliphatic carbocycles. The molecule has 0 amide bonds. The van der Waals surface area contributed by atoms with E-state index < -0.39 is 0 Å². The molecule has 0 aliphatic rings. The summed E-state index contributed by atoms with van der Waals surface area (Å²) in [4.78, 5) is 18.5. The molecule has 6 aromatic rings. The average Bonchev–Trinajstić information content (AvgIpc) is 3.47. The molecule has 0 N–H and O–H groups in total. The van der Waals surface area contributed by atoms with Crippen LogP contribution in [0, 0.1) is 0 Å². The lowest BCUT2D eigenvalue weighted by Gasteiger charge is -2.04. The van der Waals surface area contributed by atoms with Crippen LogP contribution in [0.1, 0.15) is 5.56 Å². The second-order valence-electron chi connectivity index (χ2n) is 7.49. The minimum Gasteiger partial charge on any atom is -0.267 e. The molecule has 0 fully saturated rings. The first-order valence-electron chi connectivity index (χ1n) is 10.5. The second-order valence-corrected chi connectivity index (χ2v) is 8.45. The van der Waals surface area contributed by atoms with Crippen molar-refractivity contribution in [2.45, 2.75) is 10.8 Å². The quantitative estimate of drug-likeness (QED) is 0.362. The van der Waals surface area contributed by atoms with Crippen LogP contribution in [-0.2, 0) is 5.75 Å². The summed E-state index contributed by atoms with van der Waals surface area (Å²) in [6, 6.07) is 29.6. The number of para-hydroxylation sites is 2. The van der Waals surface area contributed by atoms with E-state index in [0.29, 0.717) is 27.6 Å². The zero-order chi connectivity index (χ0) is 22.2. The van der Waals surface area contributed by atoms with Gasteiger partial charge in [0, 0.05) is 5.75 Å². The van der Waals surface area contributed by atoms with Gasteiger partial charge in [-0.1, -0.05) is 78.5 Å². The molecule has 160 valence electrons. The van der Waals surface area contributed by atoms with Crippen LogP contribution in [-0.4, -0.2) is 28.9 Å². The number of hydrogen-bond acceptors (Lipinski definition) is 5. The summed E-state index contributed by atoms with van der Waals surface area (Å²) in [7, 11) is 0. The highest BCUT2D eigenvalue weighted by Crippen LogP contribution is 2.29. The first-order chi connectivity index (χ1) is 16.3. The molecule has 0 saturated carbocycles. The molecule has 6 rings (SSSR count). The topological polar surface area (TPSA) is 70.0 Å². The van der Waals surface area contributed by atoms with Gasteiger partial charge in [-0.25, -0.2) is 4.68 Å². The van der Waals surface area contributed by atoms with Crippen molar-refractivity contribution in [2.24, 2.45) is 0 Å². The van der Waals surface area contributed by atoms with Crippen LogP contribution >= 0.6 is 11.8 Å². The van der Waals surface area contributed by atoms with E-state index >= 15 is 0 Å². The normalized spacial score (nSPS) is 11.4. The molecule has 0 bridgehead atoms. The Labute approximate surface area is 192 Å². The van der Waals surface area contributed by atoms with Crippen LogP contribution < -0.4 is 5.56 Å². The van der Waals surface area contributed by atoms with Gasteiger partial charge >= 0.3 is 0 Å². The van der Waals surface area contributed by atoms with Crippen molar-refractivity contribution in [1.82, 2.24) is 28.9 Å². The van der Waals surface area contributed by atoms with Crippen LogP contribution in [0.4, 0.5) is 0 Å². The minimum absolute atomic E-state index is 0.234. The maximum Gasteiger partial charge on any atom is 0.288 e. The predicted octanol–water partition coefficient (Wildman–Crippen LogP) is 4.51. The third-order valence-corrected chi connectivity index (χ3v) is 6.42. The predicted molar refractivity (Wildman–Crippen MR) is 129 cm³/mol. The van der Waals surface area contributed by atoms with Gasteiger partial charge in [-0.3, -0.25) is 9.36 Å². The van der Waals surface area contributed by atoms with E-state index in [1.165, 1.54) is 16.3 Å². The van der Waals surface area contributed by atoms with Crippen molar-refractivity contribution in [3.05, 3.63) is 113 Å². The van der Waals surface area contributed by atoms with Gasteiger partial charge < -0.3 is 0 Å². The fraction of sp³-hybridized carbons (Fsp3) is 0.0400. The number of nitrogens with zero attached hydrogens (tertiary/aromatic N) is 6. The van der Waals surface area contributed by atoms with Gasteiger partial charge in [-0.2, -0.15) is 19.7 Å². The largest absolute Gasteiger partial charge is 0.288 e. The summed E-state index contributed by atoms with van der Waals surface area (Å²) in [5.74, 6) is 1.14. The zero-order valence-electron chi connectivity index (χ0n) is 17.4. The maximum absolute atomic E-state index is 13.6. The molecule has 7 nitrogen and oxygen atoms in total. The molecule has 3 aromatic carbocycles. The molecular formula is C25H18N6OS. The molecule has 3 aromatic heterocycles. The van der Waals surface area contributed by atoms with Crippen LogP contribution in [0.5, 0.6) is 0 Å². The Bertz CT molecular complexity index is 1620. The first-order valence-corrected chi connectivity index (χ1v) is 11.4. The highest BCUT2D eigenvalue weighted by atomic mass is 32.2. The number of rotatable bonds is 5. The fourth-order valence-corrected chi connectivity index (χ4v) is 4.74. The van der Waals surface area contributed by atoms with Crippen molar-refractivity contribution in [1.29, 1.82) is 0 Å². The number of hydrogen-bond donors (Lipinski definition) is 0. The van der Waals surface area contributed by atoms with E-state index in [9.17, 15) is 4.79 Å². The van der Waals surface area contributed by atoms with Gasteiger partial charge in [-0.05, 0) is 29.8 Å². The van der Waals surface area contributed by atoms with E-state index in [0.717, 1.165) is 16.9 Å². The second kappa shape index (κ2) is 8.07. The average molecular weight is 451 g/mol. The lowest BCUT2D eigenvalue weighted by atomic mass is 10.2. The molecule has 0 radical (unpaired) electrons. The van der Waals surface area contributed by atoms with E-state index in [1.807, 2.05) is 78.9 Å². The third kappa shape index (κ3) is 3.41. The molecule has 0 spiro atoms. The van der Waals surface area contributed by atoms with E-state index in [1.54, 1.807) is 15.6 Å². The Morgan fingerprint density at radius 1 is 0.788 bits per heavy atom. The summed E-state index contributed by atoms with van der Waals surface area (Å²) in [6.45, 7) is 0. The highest BCUT2D eigenvalue weighted by Gasteiger charge is 2.21. The van der Waals surface area contributed by atoms with Crippen molar-refractivity contribution in [3.8, 4) is 11.4 Å². The fourth-order valence-electron chi connectivity index (χ4n) is 3.78. The number of aromatic nitrogens is 6. The minimum atomic E-state index is -0.234. The summed E-state index contributed by atoms with van der Waals surface area (Å²) < 4.78 is 4.89. The lowest BCUT2D eigenvalue weighted by molar-refractivity contribution is 0.850. The summed E-state index contributed by atoms with van der Waals surface area (Å²) in [5, 5.41) is 10.3. The molecule has 33 heavy (non-hydrogen) atoms. The molecule has 3 heterocycles. The monoisotopic (exact) mass is 450 g/mol. The van der Waals surface area contributed by atoms with E-state index in [4.69, 9.17) is 10.1 Å². The highest BCUT2D eigenvalue weighted by molar-refractivity contribution is 7.98. The Morgan fingerprint density at radius 3 is 2.12 bits per heavy atom. The number of fused-ring (bicyclic) bond motifs is 2.